The monoisotopic (exact) mass is 369 g/mol. The summed E-state index contributed by atoms with van der Waals surface area (Å²) in [5.74, 6) is -0.239. The van der Waals surface area contributed by atoms with Crippen molar-refractivity contribution in [2.24, 2.45) is 0 Å². The van der Waals surface area contributed by atoms with Gasteiger partial charge in [0.25, 0.3) is 0 Å². The largest absolute Gasteiger partial charge is 0.221 e. The molecule has 2 heteroatoms. The summed E-state index contributed by atoms with van der Waals surface area (Å²) >= 11 is 0. The Bertz CT molecular complexity index is 417. The van der Waals surface area contributed by atoms with Crippen molar-refractivity contribution in [3.8, 4) is 11.1 Å². The molecule has 2 aromatic carbocycles. The molecule has 0 heterocycles. The van der Waals surface area contributed by atoms with Crippen molar-refractivity contribution in [3.63, 3.8) is 0 Å². The van der Waals surface area contributed by atoms with Crippen LogP contribution in [-0.4, -0.2) is 0 Å². The Hall–Kier alpha value is -1.07. The van der Waals surface area contributed by atoms with Crippen LogP contribution in [0.4, 0.5) is 4.39 Å². The van der Waals surface area contributed by atoms with E-state index in [2.05, 4.69) is 6.92 Å². The first-order chi connectivity index (χ1) is 6.75. The molecule has 0 fully saturated rings. The van der Waals surface area contributed by atoms with Gasteiger partial charge in [-0.3, -0.25) is 0 Å². The average Bonchev–Trinajstić information content (AvgIpc) is 2.18. The number of hydrogen-bond donors (Lipinski definition) is 0. The van der Waals surface area contributed by atoms with Crippen molar-refractivity contribution in [1.29, 1.82) is 0 Å². The van der Waals surface area contributed by atoms with Crippen molar-refractivity contribution < 1.29 is 25.5 Å². The van der Waals surface area contributed by atoms with Gasteiger partial charge in [0.2, 0.25) is 0 Å². The van der Waals surface area contributed by atoms with E-state index in [1.807, 2.05) is 36.4 Å². The van der Waals surface area contributed by atoms with Crippen molar-refractivity contribution in [3.05, 3.63) is 66.8 Å². The van der Waals surface area contributed by atoms with Gasteiger partial charge in [-0.2, -0.15) is 18.6 Å². The van der Waals surface area contributed by atoms with Gasteiger partial charge in [-0.05, 0) is 11.6 Å². The van der Waals surface area contributed by atoms with Gasteiger partial charge in [-0.15, -0.1) is 6.07 Å². The Morgan fingerprint density at radius 2 is 1.53 bits per heavy atom. The Morgan fingerprint density at radius 1 is 0.867 bits per heavy atom. The first-order valence-electron chi connectivity index (χ1n) is 4.44. The third-order valence-electron chi connectivity index (χ3n) is 2.06. The summed E-state index contributed by atoms with van der Waals surface area (Å²) in [5.41, 5.74) is 2.58. The molecule has 0 atom stereocenters. The maximum absolute atomic E-state index is 13.1. The van der Waals surface area contributed by atoms with Gasteiger partial charge in [0.05, 0.1) is 5.82 Å². The summed E-state index contributed by atoms with van der Waals surface area (Å²) in [4.78, 5) is 0. The predicted octanol–water partition coefficient (Wildman–Crippen LogP) is 3.67. The topological polar surface area (TPSA) is 0 Å². The molecular weight excluding hydrogens is 359 g/mol. The Kier molecular flexibility index (Phi) is 4.11. The molecule has 0 bridgehead atoms. The van der Waals surface area contributed by atoms with E-state index in [4.69, 9.17) is 0 Å². The van der Waals surface area contributed by atoms with E-state index < -0.39 is 0 Å². The van der Waals surface area contributed by atoms with Crippen LogP contribution in [0.25, 0.3) is 11.1 Å². The van der Waals surface area contributed by atoms with E-state index in [-0.39, 0.29) is 26.9 Å². The molecule has 0 aromatic heterocycles. The number of halogens is 1. The third-order valence-corrected chi connectivity index (χ3v) is 2.06. The summed E-state index contributed by atoms with van der Waals surface area (Å²) in [6, 6.07) is 14.5. The molecule has 15 heavy (non-hydrogen) atoms. The fourth-order valence-electron chi connectivity index (χ4n) is 1.45. The molecule has 0 amide bonds. The molecule has 0 aliphatic heterocycles. The van der Waals surface area contributed by atoms with Crippen LogP contribution >= 0.6 is 0 Å². The first kappa shape index (κ1) is 12.0. The number of rotatable bonds is 1. The van der Waals surface area contributed by atoms with Crippen LogP contribution in [0.15, 0.2) is 48.5 Å². The van der Waals surface area contributed by atoms with E-state index in [0.717, 1.165) is 11.1 Å². The second kappa shape index (κ2) is 5.13. The molecule has 2 rings (SSSR count). The van der Waals surface area contributed by atoms with Crippen LogP contribution in [0.5, 0.6) is 0 Å². The Balaban J connectivity index is 0.00000112. The molecule has 0 radical (unpaired) electrons. The molecule has 0 aliphatic carbocycles. The van der Waals surface area contributed by atoms with Crippen LogP contribution in [0.1, 0.15) is 5.56 Å². The maximum atomic E-state index is 13.1. The summed E-state index contributed by atoms with van der Waals surface area (Å²) < 4.78 is 13.1. The number of benzene rings is 2. The average molecular weight is 369 g/mol. The van der Waals surface area contributed by atoms with Crippen LogP contribution < -0.4 is 0 Å². The SMILES string of the molecule is [CH2-]c1cc(F)cc(-c2ccccc2)c1.[W]. The van der Waals surface area contributed by atoms with Gasteiger partial charge in [0.1, 0.15) is 0 Å². The minimum Gasteiger partial charge on any atom is -0.221 e. The summed E-state index contributed by atoms with van der Waals surface area (Å²) in [7, 11) is 0. The second-order valence-corrected chi connectivity index (χ2v) is 3.21. The molecule has 0 unspecified atom stereocenters. The molecule has 0 saturated heterocycles. The predicted molar refractivity (Wildman–Crippen MR) is 56.3 cm³/mol. The number of hydrogen-bond acceptors (Lipinski definition) is 0. The molecule has 76 valence electrons. The summed E-state index contributed by atoms with van der Waals surface area (Å²) in [6.07, 6.45) is 0. The van der Waals surface area contributed by atoms with Crippen molar-refractivity contribution >= 4 is 0 Å². The van der Waals surface area contributed by atoms with Gasteiger partial charge in [-0.25, -0.2) is 4.39 Å². The first-order valence-corrected chi connectivity index (χ1v) is 4.44. The molecule has 2 aromatic rings. The van der Waals surface area contributed by atoms with E-state index in [1.165, 1.54) is 12.1 Å². The van der Waals surface area contributed by atoms with Gasteiger partial charge in [0.15, 0.2) is 0 Å². The van der Waals surface area contributed by atoms with E-state index >= 15 is 0 Å². The van der Waals surface area contributed by atoms with Crippen molar-refractivity contribution in [1.82, 2.24) is 0 Å². The van der Waals surface area contributed by atoms with Gasteiger partial charge < -0.3 is 0 Å². The van der Waals surface area contributed by atoms with Gasteiger partial charge >= 0.3 is 0 Å². The van der Waals surface area contributed by atoms with Crippen LogP contribution in [0.3, 0.4) is 0 Å². The Morgan fingerprint density at radius 3 is 2.13 bits per heavy atom. The Labute approximate surface area is 103 Å². The van der Waals surface area contributed by atoms with E-state index in [1.54, 1.807) is 0 Å². The fourth-order valence-corrected chi connectivity index (χ4v) is 1.45. The van der Waals surface area contributed by atoms with Crippen molar-refractivity contribution in [2.75, 3.05) is 0 Å². The van der Waals surface area contributed by atoms with E-state index in [9.17, 15) is 4.39 Å². The molecule has 0 saturated carbocycles. The van der Waals surface area contributed by atoms with Gasteiger partial charge in [-0.1, -0.05) is 35.9 Å². The minimum absolute atomic E-state index is 0. The molecular formula is C13H10FW-. The minimum atomic E-state index is -0.239. The normalized spacial score (nSPS) is 9.40. The standard InChI is InChI=1S/C13H10F.W/c1-10-7-12(9-13(14)8-10)11-5-3-2-4-6-11;/h2-9H,1H2;/q-1;. The zero-order chi connectivity index (χ0) is 9.97. The molecule has 0 spiro atoms. The quantitative estimate of drug-likeness (QED) is 0.673. The van der Waals surface area contributed by atoms with Crippen LogP contribution in [-0.2, 0) is 21.1 Å². The third kappa shape index (κ3) is 2.94. The second-order valence-electron chi connectivity index (χ2n) is 3.21. The van der Waals surface area contributed by atoms with E-state index in [0.29, 0.717) is 5.56 Å². The maximum Gasteiger partial charge on any atom is 0.0684 e. The summed E-state index contributed by atoms with van der Waals surface area (Å²) in [5, 5.41) is 0. The zero-order valence-corrected chi connectivity index (χ0v) is 11.0. The van der Waals surface area contributed by atoms with Gasteiger partial charge in [0, 0.05) is 21.1 Å². The zero-order valence-electron chi connectivity index (χ0n) is 8.11. The molecule has 0 N–H and O–H groups in total. The van der Waals surface area contributed by atoms with Crippen LogP contribution in [0.2, 0.25) is 0 Å². The van der Waals surface area contributed by atoms with Crippen molar-refractivity contribution in [2.45, 2.75) is 0 Å². The fraction of sp³-hybridized carbons (Fsp3) is 0. The smallest absolute Gasteiger partial charge is 0.0684 e. The summed E-state index contributed by atoms with van der Waals surface area (Å²) in [6.45, 7) is 3.73. The molecule has 0 aliphatic rings. The molecule has 0 nitrogen and oxygen atoms in total. The van der Waals surface area contributed by atoms with Crippen LogP contribution in [0, 0.1) is 12.7 Å².